The van der Waals surface area contributed by atoms with Crippen molar-refractivity contribution in [2.75, 3.05) is 14.2 Å². The number of halogens is 2. The second-order valence-electron chi connectivity index (χ2n) is 6.41. The SMILES string of the molecule is COc1ccc(-c2ccc(OC)c(CNC(=O)c3ccc(Cl)cc3Cl)c2)cc1C=O. The molecule has 3 rings (SSSR count). The lowest BCUT2D eigenvalue weighted by molar-refractivity contribution is 0.0950. The first-order valence-electron chi connectivity index (χ1n) is 9.00. The molecule has 0 aliphatic heterocycles. The number of aldehydes is 1. The molecule has 0 bridgehead atoms. The molecule has 0 spiro atoms. The Bertz CT molecular complexity index is 1100. The second-order valence-corrected chi connectivity index (χ2v) is 7.25. The van der Waals surface area contributed by atoms with Crippen molar-refractivity contribution < 1.29 is 19.1 Å². The third-order valence-corrected chi connectivity index (χ3v) is 5.13. The van der Waals surface area contributed by atoms with Crippen molar-refractivity contribution >= 4 is 35.4 Å². The summed E-state index contributed by atoms with van der Waals surface area (Å²) in [6.07, 6.45) is 0.753. The average molecular weight is 444 g/mol. The lowest BCUT2D eigenvalue weighted by atomic mass is 10.00. The van der Waals surface area contributed by atoms with Crippen LogP contribution in [0.2, 0.25) is 10.0 Å². The number of carbonyl (C=O) groups excluding carboxylic acids is 2. The van der Waals surface area contributed by atoms with Crippen LogP contribution < -0.4 is 14.8 Å². The molecule has 3 aromatic rings. The zero-order valence-electron chi connectivity index (χ0n) is 16.4. The molecule has 0 atom stereocenters. The van der Waals surface area contributed by atoms with Gasteiger partial charge in [0.1, 0.15) is 11.5 Å². The van der Waals surface area contributed by atoms with Gasteiger partial charge in [-0.15, -0.1) is 0 Å². The van der Waals surface area contributed by atoms with E-state index in [0.29, 0.717) is 27.6 Å². The molecule has 0 aliphatic rings. The minimum Gasteiger partial charge on any atom is -0.496 e. The van der Waals surface area contributed by atoms with E-state index in [-0.39, 0.29) is 17.5 Å². The quantitative estimate of drug-likeness (QED) is 0.495. The van der Waals surface area contributed by atoms with Crippen molar-refractivity contribution in [3.05, 3.63) is 81.3 Å². The third-order valence-electron chi connectivity index (χ3n) is 4.59. The summed E-state index contributed by atoms with van der Waals surface area (Å²) < 4.78 is 10.6. The number of benzene rings is 3. The van der Waals surface area contributed by atoms with Crippen LogP contribution in [0, 0.1) is 0 Å². The molecule has 0 aliphatic carbocycles. The van der Waals surface area contributed by atoms with Crippen molar-refractivity contribution in [3.63, 3.8) is 0 Å². The summed E-state index contributed by atoms with van der Waals surface area (Å²) in [6.45, 7) is 0.228. The zero-order chi connectivity index (χ0) is 21.7. The Labute approximate surface area is 184 Å². The van der Waals surface area contributed by atoms with Crippen molar-refractivity contribution in [1.82, 2.24) is 5.32 Å². The minimum atomic E-state index is -0.322. The monoisotopic (exact) mass is 443 g/mol. The number of amides is 1. The van der Waals surface area contributed by atoms with Gasteiger partial charge in [0.15, 0.2) is 6.29 Å². The Morgan fingerprint density at radius 3 is 2.23 bits per heavy atom. The van der Waals surface area contributed by atoms with E-state index >= 15 is 0 Å². The maximum atomic E-state index is 12.5. The molecule has 7 heteroatoms. The van der Waals surface area contributed by atoms with Gasteiger partial charge in [0.25, 0.3) is 5.91 Å². The zero-order valence-corrected chi connectivity index (χ0v) is 17.9. The molecule has 0 fully saturated rings. The number of nitrogens with one attached hydrogen (secondary N) is 1. The van der Waals surface area contributed by atoms with Crippen LogP contribution in [0.25, 0.3) is 11.1 Å². The minimum absolute atomic E-state index is 0.228. The molecule has 0 unspecified atom stereocenters. The standard InChI is InChI=1S/C23H19Cl2NO4/c1-29-21-7-3-14(15-4-8-22(30-2)17(10-15)13-27)9-16(21)12-26-23(28)19-6-5-18(24)11-20(19)25/h3-11,13H,12H2,1-2H3,(H,26,28). The topological polar surface area (TPSA) is 64.6 Å². The third kappa shape index (κ3) is 4.75. The van der Waals surface area contributed by atoms with Gasteiger partial charge in [-0.05, 0) is 53.6 Å². The normalized spacial score (nSPS) is 10.4. The fraction of sp³-hybridized carbons (Fsp3) is 0.130. The van der Waals surface area contributed by atoms with Gasteiger partial charge < -0.3 is 14.8 Å². The highest BCUT2D eigenvalue weighted by molar-refractivity contribution is 6.36. The van der Waals surface area contributed by atoms with Gasteiger partial charge in [-0.1, -0.05) is 35.3 Å². The molecule has 3 aromatic carbocycles. The number of ether oxygens (including phenoxy) is 2. The molecule has 1 amide bonds. The molecule has 0 saturated heterocycles. The van der Waals surface area contributed by atoms with Gasteiger partial charge >= 0.3 is 0 Å². The van der Waals surface area contributed by atoms with E-state index in [1.807, 2.05) is 24.3 Å². The summed E-state index contributed by atoms with van der Waals surface area (Å²) in [5.41, 5.74) is 3.28. The number of hydrogen-bond acceptors (Lipinski definition) is 4. The Kier molecular flexibility index (Phi) is 6.98. The first-order valence-corrected chi connectivity index (χ1v) is 9.76. The van der Waals surface area contributed by atoms with Gasteiger partial charge in [-0.25, -0.2) is 0 Å². The fourth-order valence-corrected chi connectivity index (χ4v) is 3.54. The number of methoxy groups -OCH3 is 2. The van der Waals surface area contributed by atoms with E-state index < -0.39 is 0 Å². The molecule has 0 radical (unpaired) electrons. The Morgan fingerprint density at radius 1 is 0.933 bits per heavy atom. The van der Waals surface area contributed by atoms with Gasteiger partial charge in [0, 0.05) is 17.1 Å². The highest BCUT2D eigenvalue weighted by Gasteiger charge is 2.13. The van der Waals surface area contributed by atoms with E-state index in [2.05, 4.69) is 5.32 Å². The van der Waals surface area contributed by atoms with E-state index in [4.69, 9.17) is 32.7 Å². The predicted octanol–water partition coefficient (Wildman–Crippen LogP) is 5.42. The first kappa shape index (κ1) is 21.7. The van der Waals surface area contributed by atoms with Crippen molar-refractivity contribution in [2.45, 2.75) is 6.54 Å². The highest BCUT2D eigenvalue weighted by Crippen LogP contribution is 2.30. The van der Waals surface area contributed by atoms with Crippen molar-refractivity contribution in [2.24, 2.45) is 0 Å². The summed E-state index contributed by atoms with van der Waals surface area (Å²) in [6, 6.07) is 15.7. The highest BCUT2D eigenvalue weighted by atomic mass is 35.5. The lowest BCUT2D eigenvalue weighted by Gasteiger charge is -2.13. The van der Waals surface area contributed by atoms with Gasteiger partial charge in [-0.2, -0.15) is 0 Å². The summed E-state index contributed by atoms with van der Waals surface area (Å²) in [7, 11) is 3.08. The van der Waals surface area contributed by atoms with Crippen LogP contribution in [0.3, 0.4) is 0 Å². The predicted molar refractivity (Wildman–Crippen MR) is 118 cm³/mol. The molecule has 1 N–H and O–H groups in total. The summed E-state index contributed by atoms with van der Waals surface area (Å²) in [5, 5.41) is 3.58. The maximum absolute atomic E-state index is 12.5. The van der Waals surface area contributed by atoms with Crippen LogP contribution in [0.4, 0.5) is 0 Å². The largest absolute Gasteiger partial charge is 0.496 e. The molecule has 0 saturated carbocycles. The van der Waals surface area contributed by atoms with Crippen molar-refractivity contribution in [1.29, 1.82) is 0 Å². The van der Waals surface area contributed by atoms with Gasteiger partial charge in [0.05, 0.1) is 30.4 Å². The van der Waals surface area contributed by atoms with Crippen LogP contribution in [0.15, 0.2) is 54.6 Å². The van der Waals surface area contributed by atoms with Crippen LogP contribution in [0.1, 0.15) is 26.3 Å². The van der Waals surface area contributed by atoms with Gasteiger partial charge in [-0.3, -0.25) is 9.59 Å². The summed E-state index contributed by atoms with van der Waals surface area (Å²) in [4.78, 5) is 23.9. The number of carbonyl (C=O) groups is 2. The Hall–Kier alpha value is -3.02. The molecule has 5 nitrogen and oxygen atoms in total. The van der Waals surface area contributed by atoms with Gasteiger partial charge in [0.2, 0.25) is 0 Å². The van der Waals surface area contributed by atoms with Crippen LogP contribution in [-0.2, 0) is 6.54 Å². The smallest absolute Gasteiger partial charge is 0.253 e. The fourth-order valence-electron chi connectivity index (χ4n) is 3.05. The summed E-state index contributed by atoms with van der Waals surface area (Å²) in [5.74, 6) is 0.816. The molecule has 154 valence electrons. The van der Waals surface area contributed by atoms with E-state index in [9.17, 15) is 9.59 Å². The molecule has 30 heavy (non-hydrogen) atoms. The number of rotatable bonds is 7. The van der Waals surface area contributed by atoms with Crippen molar-refractivity contribution in [3.8, 4) is 22.6 Å². The Balaban J connectivity index is 1.86. The molecular formula is C23H19Cl2NO4. The second kappa shape index (κ2) is 9.65. The Morgan fingerprint density at radius 2 is 1.60 bits per heavy atom. The van der Waals surface area contributed by atoms with Crippen LogP contribution >= 0.6 is 23.2 Å². The average Bonchev–Trinajstić information content (AvgIpc) is 2.76. The number of hydrogen-bond donors (Lipinski definition) is 1. The first-order chi connectivity index (χ1) is 14.5. The van der Waals surface area contributed by atoms with E-state index in [1.54, 1.807) is 31.4 Å². The maximum Gasteiger partial charge on any atom is 0.253 e. The van der Waals surface area contributed by atoms with E-state index in [1.165, 1.54) is 13.2 Å². The van der Waals surface area contributed by atoms with Crippen LogP contribution in [-0.4, -0.2) is 26.4 Å². The molecule has 0 aromatic heterocycles. The molecule has 0 heterocycles. The lowest BCUT2D eigenvalue weighted by Crippen LogP contribution is -2.23. The van der Waals surface area contributed by atoms with Crippen LogP contribution in [0.5, 0.6) is 11.5 Å². The van der Waals surface area contributed by atoms with E-state index in [0.717, 1.165) is 23.0 Å². The summed E-state index contributed by atoms with van der Waals surface area (Å²) >= 11 is 12.0. The molecular weight excluding hydrogens is 425 g/mol.